The number of hydrogen-bond acceptors (Lipinski definition) is 2. The Kier molecular flexibility index (Phi) is 5.17. The molecular formula is C15H19BrN2O2. The highest BCUT2D eigenvalue weighted by Gasteiger charge is 2.23. The van der Waals surface area contributed by atoms with Gasteiger partial charge in [-0.2, -0.15) is 0 Å². The van der Waals surface area contributed by atoms with Crippen molar-refractivity contribution in [1.29, 1.82) is 0 Å². The Hall–Kier alpha value is -1.36. The SMILES string of the molecule is CC1CCN(C(=O)c2ccccc2NC(=O)CBr)CC1. The molecule has 108 valence electrons. The predicted molar refractivity (Wildman–Crippen MR) is 83.2 cm³/mol. The van der Waals surface area contributed by atoms with Gasteiger partial charge in [0.25, 0.3) is 5.91 Å². The summed E-state index contributed by atoms with van der Waals surface area (Å²) in [5, 5.41) is 2.97. The molecule has 1 aliphatic heterocycles. The minimum atomic E-state index is -0.155. The van der Waals surface area contributed by atoms with E-state index in [4.69, 9.17) is 0 Å². The maximum absolute atomic E-state index is 12.6. The van der Waals surface area contributed by atoms with Crippen molar-refractivity contribution in [3.05, 3.63) is 29.8 Å². The number of carbonyl (C=O) groups excluding carboxylic acids is 2. The fourth-order valence-corrected chi connectivity index (χ4v) is 2.48. The third-order valence-electron chi connectivity index (χ3n) is 3.62. The second-order valence-corrected chi connectivity index (χ2v) is 5.76. The Morgan fingerprint density at radius 3 is 2.60 bits per heavy atom. The van der Waals surface area contributed by atoms with Gasteiger partial charge in [-0.3, -0.25) is 9.59 Å². The molecule has 0 radical (unpaired) electrons. The summed E-state index contributed by atoms with van der Waals surface area (Å²) in [6.45, 7) is 3.80. The van der Waals surface area contributed by atoms with Crippen molar-refractivity contribution < 1.29 is 9.59 Å². The number of likely N-dealkylation sites (tertiary alicyclic amines) is 1. The van der Waals surface area contributed by atoms with Crippen LogP contribution < -0.4 is 5.32 Å². The minimum Gasteiger partial charge on any atom is -0.339 e. The van der Waals surface area contributed by atoms with E-state index in [-0.39, 0.29) is 17.1 Å². The van der Waals surface area contributed by atoms with Crippen LogP contribution in [-0.2, 0) is 4.79 Å². The van der Waals surface area contributed by atoms with E-state index in [0.29, 0.717) is 17.2 Å². The van der Waals surface area contributed by atoms with E-state index in [1.807, 2.05) is 17.0 Å². The molecule has 1 aromatic rings. The number of carbonyl (C=O) groups is 2. The lowest BCUT2D eigenvalue weighted by Crippen LogP contribution is -2.38. The van der Waals surface area contributed by atoms with Crippen molar-refractivity contribution in [3.63, 3.8) is 0 Å². The van der Waals surface area contributed by atoms with E-state index in [1.54, 1.807) is 12.1 Å². The average molecular weight is 339 g/mol. The highest BCUT2D eigenvalue weighted by molar-refractivity contribution is 9.09. The number of piperidine rings is 1. The van der Waals surface area contributed by atoms with E-state index in [9.17, 15) is 9.59 Å². The second kappa shape index (κ2) is 6.88. The Morgan fingerprint density at radius 1 is 1.30 bits per heavy atom. The Balaban J connectivity index is 2.15. The van der Waals surface area contributed by atoms with E-state index in [1.165, 1.54) is 0 Å². The molecule has 2 amide bonds. The van der Waals surface area contributed by atoms with Crippen LogP contribution >= 0.6 is 15.9 Å². The number of rotatable bonds is 3. The first-order chi connectivity index (χ1) is 9.61. The van der Waals surface area contributed by atoms with E-state index in [2.05, 4.69) is 28.2 Å². The molecule has 1 heterocycles. The average Bonchev–Trinajstić information content (AvgIpc) is 2.48. The fraction of sp³-hybridized carbons (Fsp3) is 0.467. The number of alkyl halides is 1. The van der Waals surface area contributed by atoms with Crippen LogP contribution in [-0.4, -0.2) is 35.1 Å². The zero-order valence-corrected chi connectivity index (χ0v) is 13.1. The van der Waals surface area contributed by atoms with Gasteiger partial charge in [-0.05, 0) is 30.9 Å². The van der Waals surface area contributed by atoms with Crippen LogP contribution in [0.1, 0.15) is 30.1 Å². The van der Waals surface area contributed by atoms with Gasteiger partial charge in [-0.25, -0.2) is 0 Å². The first-order valence-corrected chi connectivity index (χ1v) is 7.98. The number of nitrogens with zero attached hydrogens (tertiary/aromatic N) is 1. The summed E-state index contributed by atoms with van der Waals surface area (Å²) in [6, 6.07) is 7.17. The zero-order valence-electron chi connectivity index (χ0n) is 11.6. The third kappa shape index (κ3) is 3.60. The molecule has 0 bridgehead atoms. The highest BCUT2D eigenvalue weighted by Crippen LogP contribution is 2.22. The van der Waals surface area contributed by atoms with Crippen molar-refractivity contribution in [3.8, 4) is 0 Å². The van der Waals surface area contributed by atoms with Gasteiger partial charge in [0.05, 0.1) is 16.6 Å². The first kappa shape index (κ1) is 15.0. The lowest BCUT2D eigenvalue weighted by molar-refractivity contribution is -0.113. The van der Waals surface area contributed by atoms with Gasteiger partial charge in [0.15, 0.2) is 0 Å². The molecular weight excluding hydrogens is 320 g/mol. The molecule has 20 heavy (non-hydrogen) atoms. The molecule has 0 atom stereocenters. The molecule has 1 N–H and O–H groups in total. The maximum Gasteiger partial charge on any atom is 0.255 e. The number of para-hydroxylation sites is 1. The lowest BCUT2D eigenvalue weighted by atomic mass is 9.98. The van der Waals surface area contributed by atoms with E-state index >= 15 is 0 Å². The number of nitrogens with one attached hydrogen (secondary N) is 1. The standard InChI is InChI=1S/C15H19BrN2O2/c1-11-6-8-18(9-7-11)15(20)12-4-2-3-5-13(12)17-14(19)10-16/h2-5,11H,6-10H2,1H3,(H,17,19). The highest BCUT2D eigenvalue weighted by atomic mass is 79.9. The summed E-state index contributed by atoms with van der Waals surface area (Å²) in [5.74, 6) is 0.530. The van der Waals surface area contributed by atoms with Gasteiger partial charge < -0.3 is 10.2 Å². The van der Waals surface area contributed by atoms with Gasteiger partial charge in [0.2, 0.25) is 5.91 Å². The molecule has 2 rings (SSSR count). The van der Waals surface area contributed by atoms with Gasteiger partial charge in [-0.15, -0.1) is 0 Å². The molecule has 0 unspecified atom stereocenters. The molecule has 0 spiro atoms. The fourth-order valence-electron chi connectivity index (χ4n) is 2.34. The molecule has 1 aromatic carbocycles. The summed E-state index contributed by atoms with van der Waals surface area (Å²) in [7, 11) is 0. The van der Waals surface area contributed by atoms with Crippen molar-refractivity contribution in [2.45, 2.75) is 19.8 Å². The Bertz CT molecular complexity index is 496. The molecule has 1 fully saturated rings. The summed E-state index contributed by atoms with van der Waals surface area (Å²) >= 11 is 3.11. The van der Waals surface area contributed by atoms with Crippen LogP contribution in [0.3, 0.4) is 0 Å². The van der Waals surface area contributed by atoms with Crippen molar-refractivity contribution >= 4 is 33.4 Å². The molecule has 0 aromatic heterocycles. The molecule has 1 aliphatic rings. The number of anilines is 1. The summed E-state index contributed by atoms with van der Waals surface area (Å²) in [4.78, 5) is 25.9. The van der Waals surface area contributed by atoms with Gasteiger partial charge in [-0.1, -0.05) is 35.0 Å². The van der Waals surface area contributed by atoms with Crippen LogP contribution in [0.2, 0.25) is 0 Å². The summed E-state index contributed by atoms with van der Waals surface area (Å²) in [5.41, 5.74) is 1.15. The van der Waals surface area contributed by atoms with Crippen LogP contribution in [0.4, 0.5) is 5.69 Å². The normalized spacial score (nSPS) is 16.0. The zero-order chi connectivity index (χ0) is 14.5. The quantitative estimate of drug-likeness (QED) is 0.861. The lowest BCUT2D eigenvalue weighted by Gasteiger charge is -2.30. The monoisotopic (exact) mass is 338 g/mol. The van der Waals surface area contributed by atoms with Crippen LogP contribution in [0.5, 0.6) is 0 Å². The van der Waals surface area contributed by atoms with Crippen LogP contribution in [0, 0.1) is 5.92 Å². The number of amides is 2. The van der Waals surface area contributed by atoms with Crippen LogP contribution in [0.15, 0.2) is 24.3 Å². The smallest absolute Gasteiger partial charge is 0.255 e. The van der Waals surface area contributed by atoms with Crippen molar-refractivity contribution in [1.82, 2.24) is 4.90 Å². The summed E-state index contributed by atoms with van der Waals surface area (Å²) in [6.07, 6.45) is 2.09. The van der Waals surface area contributed by atoms with Gasteiger partial charge in [0.1, 0.15) is 0 Å². The summed E-state index contributed by atoms with van der Waals surface area (Å²) < 4.78 is 0. The molecule has 0 saturated carbocycles. The maximum atomic E-state index is 12.6. The number of halogens is 1. The minimum absolute atomic E-state index is 0.00220. The van der Waals surface area contributed by atoms with Crippen LogP contribution in [0.25, 0.3) is 0 Å². The molecule has 5 heteroatoms. The second-order valence-electron chi connectivity index (χ2n) is 5.20. The Labute approximate surface area is 127 Å². The molecule has 0 aliphatic carbocycles. The Morgan fingerprint density at radius 2 is 1.95 bits per heavy atom. The van der Waals surface area contributed by atoms with Gasteiger partial charge in [0, 0.05) is 13.1 Å². The van der Waals surface area contributed by atoms with Crippen molar-refractivity contribution in [2.75, 3.05) is 23.7 Å². The molecule has 1 saturated heterocycles. The largest absolute Gasteiger partial charge is 0.339 e. The van der Waals surface area contributed by atoms with Gasteiger partial charge >= 0.3 is 0 Å². The van der Waals surface area contributed by atoms with E-state index in [0.717, 1.165) is 25.9 Å². The number of benzene rings is 1. The topological polar surface area (TPSA) is 49.4 Å². The molecule has 4 nitrogen and oxygen atoms in total. The predicted octanol–water partition coefficient (Wildman–Crippen LogP) is 2.89. The van der Waals surface area contributed by atoms with E-state index < -0.39 is 0 Å². The number of hydrogen-bond donors (Lipinski definition) is 1. The first-order valence-electron chi connectivity index (χ1n) is 6.86. The third-order valence-corrected chi connectivity index (χ3v) is 4.13. The van der Waals surface area contributed by atoms with Crippen molar-refractivity contribution in [2.24, 2.45) is 5.92 Å².